The first-order valence-corrected chi connectivity index (χ1v) is 9.79. The summed E-state index contributed by atoms with van der Waals surface area (Å²) in [5.74, 6) is -1.86. The highest BCUT2D eigenvalue weighted by Gasteiger charge is 2.35. The second-order valence-corrected chi connectivity index (χ2v) is 8.11. The molecule has 0 bridgehead atoms. The zero-order valence-electron chi connectivity index (χ0n) is 14.5. The molecule has 8 heteroatoms. The number of hydrogen-bond donors (Lipinski definition) is 2. The van der Waals surface area contributed by atoms with E-state index in [1.807, 2.05) is 13.8 Å². The summed E-state index contributed by atoms with van der Waals surface area (Å²) in [6.45, 7) is 3.80. The molecule has 26 heavy (non-hydrogen) atoms. The van der Waals surface area contributed by atoms with E-state index in [-0.39, 0.29) is 10.9 Å². The van der Waals surface area contributed by atoms with Crippen molar-refractivity contribution in [3.05, 3.63) is 47.3 Å². The Morgan fingerprint density at radius 1 is 1.31 bits per heavy atom. The van der Waals surface area contributed by atoms with Gasteiger partial charge in [0.2, 0.25) is 0 Å². The minimum absolute atomic E-state index is 0.174. The monoisotopic (exact) mass is 376 g/mol. The SMILES string of the molecule is CCc1ccc2c(n1)CCC(C)N2S(=O)(=O)c1ccc(O)c(C(=O)O)c1. The number of sulfonamides is 1. The Labute approximate surface area is 152 Å². The van der Waals surface area contributed by atoms with Crippen molar-refractivity contribution in [1.29, 1.82) is 0 Å². The first-order valence-electron chi connectivity index (χ1n) is 8.35. The maximum atomic E-state index is 13.2. The number of carbonyl (C=O) groups is 1. The summed E-state index contributed by atoms with van der Waals surface area (Å²) in [6, 6.07) is 6.56. The second-order valence-electron chi connectivity index (χ2n) is 6.29. The molecular formula is C18H20N2O5S. The average molecular weight is 376 g/mol. The van der Waals surface area contributed by atoms with Crippen LogP contribution in [-0.2, 0) is 22.9 Å². The fraction of sp³-hybridized carbons (Fsp3) is 0.333. The molecule has 0 radical (unpaired) electrons. The molecule has 1 aromatic carbocycles. The second kappa shape index (κ2) is 6.60. The van der Waals surface area contributed by atoms with Gasteiger partial charge in [0.05, 0.1) is 16.3 Å². The summed E-state index contributed by atoms with van der Waals surface area (Å²) in [7, 11) is -4.00. The molecule has 1 aliphatic heterocycles. The van der Waals surface area contributed by atoms with Gasteiger partial charge in [-0.1, -0.05) is 6.92 Å². The quantitative estimate of drug-likeness (QED) is 0.849. The number of benzene rings is 1. The van der Waals surface area contributed by atoms with E-state index in [9.17, 15) is 18.3 Å². The van der Waals surface area contributed by atoms with Crippen LogP contribution in [0.1, 0.15) is 42.0 Å². The van der Waals surface area contributed by atoms with Crippen molar-refractivity contribution in [3.63, 3.8) is 0 Å². The molecule has 0 fully saturated rings. The third kappa shape index (κ3) is 3.01. The van der Waals surface area contributed by atoms with E-state index in [1.54, 1.807) is 12.1 Å². The Hall–Kier alpha value is -2.61. The zero-order valence-corrected chi connectivity index (χ0v) is 15.3. The Bertz CT molecular complexity index is 972. The number of aromatic nitrogens is 1. The lowest BCUT2D eigenvalue weighted by atomic mass is 10.0. The van der Waals surface area contributed by atoms with Gasteiger partial charge in [-0.25, -0.2) is 13.2 Å². The summed E-state index contributed by atoms with van der Waals surface area (Å²) in [4.78, 5) is 15.6. The van der Waals surface area contributed by atoms with Gasteiger partial charge in [-0.3, -0.25) is 9.29 Å². The normalized spacial score (nSPS) is 17.0. The minimum Gasteiger partial charge on any atom is -0.507 e. The van der Waals surface area contributed by atoms with Crippen LogP contribution >= 0.6 is 0 Å². The zero-order chi connectivity index (χ0) is 19.1. The number of phenols is 1. The first kappa shape index (κ1) is 18.2. The van der Waals surface area contributed by atoms with Crippen LogP contribution in [0, 0.1) is 0 Å². The molecule has 2 heterocycles. The summed E-state index contributed by atoms with van der Waals surface area (Å²) in [5, 5.41) is 18.8. The van der Waals surface area contributed by atoms with E-state index in [2.05, 4.69) is 4.98 Å². The Balaban J connectivity index is 2.13. The molecule has 1 unspecified atom stereocenters. The summed E-state index contributed by atoms with van der Waals surface area (Å²) in [5.41, 5.74) is 1.69. The van der Waals surface area contributed by atoms with E-state index >= 15 is 0 Å². The standard InChI is InChI=1S/C18H20N2O5S/c1-3-12-5-8-16-15(19-12)7-4-11(2)20(16)26(24,25)13-6-9-17(21)14(10-13)18(22)23/h5-6,8-11,21H,3-4,7H2,1-2H3,(H,22,23). The molecule has 1 atom stereocenters. The van der Waals surface area contributed by atoms with Gasteiger partial charge in [-0.2, -0.15) is 0 Å². The highest BCUT2D eigenvalue weighted by molar-refractivity contribution is 7.92. The molecule has 0 saturated carbocycles. The molecular weight excluding hydrogens is 356 g/mol. The van der Waals surface area contributed by atoms with Gasteiger partial charge < -0.3 is 10.2 Å². The number of nitrogens with zero attached hydrogens (tertiary/aromatic N) is 2. The van der Waals surface area contributed by atoms with Crippen molar-refractivity contribution in [2.24, 2.45) is 0 Å². The highest BCUT2D eigenvalue weighted by Crippen LogP contribution is 2.35. The molecule has 1 aromatic heterocycles. The third-order valence-electron chi connectivity index (χ3n) is 4.56. The molecule has 138 valence electrons. The van der Waals surface area contributed by atoms with Crippen molar-refractivity contribution in [1.82, 2.24) is 4.98 Å². The van der Waals surface area contributed by atoms with Crippen LogP contribution in [0.5, 0.6) is 5.75 Å². The summed E-state index contributed by atoms with van der Waals surface area (Å²) >= 11 is 0. The highest BCUT2D eigenvalue weighted by atomic mass is 32.2. The van der Waals surface area contributed by atoms with Gasteiger partial charge >= 0.3 is 5.97 Å². The van der Waals surface area contributed by atoms with Gasteiger partial charge in [-0.15, -0.1) is 0 Å². The molecule has 1 aliphatic rings. The smallest absolute Gasteiger partial charge is 0.339 e. The number of aryl methyl sites for hydroxylation is 2. The third-order valence-corrected chi connectivity index (χ3v) is 6.49. The van der Waals surface area contributed by atoms with Crippen LogP contribution in [0.15, 0.2) is 35.2 Å². The fourth-order valence-electron chi connectivity index (χ4n) is 3.15. The van der Waals surface area contributed by atoms with Crippen LogP contribution < -0.4 is 4.31 Å². The topological polar surface area (TPSA) is 108 Å². The number of aromatic carboxylic acids is 1. The summed E-state index contributed by atoms with van der Waals surface area (Å²) in [6.07, 6.45) is 2.07. The predicted molar refractivity (Wildman–Crippen MR) is 96.1 cm³/mol. The van der Waals surface area contributed by atoms with Crippen LogP contribution in [-0.4, -0.2) is 35.6 Å². The Morgan fingerprint density at radius 3 is 2.69 bits per heavy atom. The maximum Gasteiger partial charge on any atom is 0.339 e. The maximum absolute atomic E-state index is 13.2. The largest absolute Gasteiger partial charge is 0.507 e. The van der Waals surface area contributed by atoms with E-state index in [1.165, 1.54) is 10.4 Å². The molecule has 7 nitrogen and oxygen atoms in total. The Morgan fingerprint density at radius 2 is 2.04 bits per heavy atom. The van der Waals surface area contributed by atoms with Crippen LogP contribution in [0.4, 0.5) is 5.69 Å². The minimum atomic E-state index is -4.00. The molecule has 0 amide bonds. The number of aromatic hydroxyl groups is 1. The summed E-state index contributed by atoms with van der Waals surface area (Å²) < 4.78 is 27.8. The fourth-order valence-corrected chi connectivity index (χ4v) is 4.89. The molecule has 2 N–H and O–H groups in total. The first-order chi connectivity index (χ1) is 12.3. The van der Waals surface area contributed by atoms with E-state index < -0.39 is 27.3 Å². The molecule has 0 saturated heterocycles. The van der Waals surface area contributed by atoms with Crippen molar-refractivity contribution in [2.75, 3.05) is 4.31 Å². The number of carboxylic acid groups (broad SMARTS) is 1. The van der Waals surface area contributed by atoms with Crippen molar-refractivity contribution in [3.8, 4) is 5.75 Å². The van der Waals surface area contributed by atoms with Gasteiger partial charge in [-0.05, 0) is 56.5 Å². The van der Waals surface area contributed by atoms with E-state index in [0.717, 1.165) is 29.9 Å². The number of carboxylic acids is 1. The Kier molecular flexibility index (Phi) is 4.62. The van der Waals surface area contributed by atoms with Crippen molar-refractivity contribution >= 4 is 21.7 Å². The lowest BCUT2D eigenvalue weighted by molar-refractivity contribution is 0.0693. The van der Waals surface area contributed by atoms with Crippen LogP contribution in [0.25, 0.3) is 0 Å². The lowest BCUT2D eigenvalue weighted by Gasteiger charge is -2.35. The number of rotatable bonds is 4. The number of pyridine rings is 1. The van der Waals surface area contributed by atoms with Gasteiger partial charge in [0.25, 0.3) is 10.0 Å². The number of hydrogen-bond acceptors (Lipinski definition) is 5. The molecule has 2 aromatic rings. The average Bonchev–Trinajstić information content (AvgIpc) is 2.60. The van der Waals surface area contributed by atoms with Crippen LogP contribution in [0.3, 0.4) is 0 Å². The van der Waals surface area contributed by atoms with E-state index in [4.69, 9.17) is 5.11 Å². The predicted octanol–water partition coefficient (Wildman–Crippen LogP) is 2.58. The van der Waals surface area contributed by atoms with Gasteiger partial charge in [0.15, 0.2) is 0 Å². The van der Waals surface area contributed by atoms with Crippen molar-refractivity contribution < 1.29 is 23.4 Å². The number of fused-ring (bicyclic) bond motifs is 1. The van der Waals surface area contributed by atoms with Gasteiger partial charge in [0.1, 0.15) is 11.3 Å². The molecule has 0 aliphatic carbocycles. The number of anilines is 1. The van der Waals surface area contributed by atoms with Crippen LogP contribution in [0.2, 0.25) is 0 Å². The van der Waals surface area contributed by atoms with Crippen molar-refractivity contribution in [2.45, 2.75) is 44.0 Å². The molecule has 0 spiro atoms. The van der Waals surface area contributed by atoms with Gasteiger partial charge in [0, 0.05) is 11.7 Å². The van der Waals surface area contributed by atoms with E-state index in [0.29, 0.717) is 18.5 Å². The molecule has 3 rings (SSSR count). The lowest BCUT2D eigenvalue weighted by Crippen LogP contribution is -2.42.